The summed E-state index contributed by atoms with van der Waals surface area (Å²) in [5.74, 6) is 1.39. The molecule has 2 rings (SSSR count). The zero-order chi connectivity index (χ0) is 10.7. The zero-order valence-electron chi connectivity index (χ0n) is 8.73. The lowest BCUT2D eigenvalue weighted by molar-refractivity contribution is 0.138. The minimum absolute atomic E-state index is 0.127. The summed E-state index contributed by atoms with van der Waals surface area (Å²) in [6.45, 7) is 1.41. The van der Waals surface area contributed by atoms with Crippen LogP contribution in [0, 0.1) is 0 Å². The fourth-order valence-corrected chi connectivity index (χ4v) is 1.57. The molecule has 0 aromatic heterocycles. The van der Waals surface area contributed by atoms with Crippen molar-refractivity contribution in [2.24, 2.45) is 0 Å². The number of anilines is 1. The number of nitrogens with two attached hydrogens (primary N) is 1. The minimum atomic E-state index is 0.127. The van der Waals surface area contributed by atoms with Gasteiger partial charge in [0, 0.05) is 18.2 Å². The molecule has 1 unspecified atom stereocenters. The van der Waals surface area contributed by atoms with E-state index in [0.717, 1.165) is 18.8 Å². The van der Waals surface area contributed by atoms with Crippen LogP contribution in [0.2, 0.25) is 0 Å². The Kier molecular flexibility index (Phi) is 2.97. The SMILES string of the molecule is COc1cc(N)ccc1OC1CCOC1. The molecule has 0 bridgehead atoms. The summed E-state index contributed by atoms with van der Waals surface area (Å²) in [5.41, 5.74) is 6.32. The quantitative estimate of drug-likeness (QED) is 0.765. The van der Waals surface area contributed by atoms with Gasteiger partial charge in [0.1, 0.15) is 6.10 Å². The predicted molar refractivity (Wildman–Crippen MR) is 57.3 cm³/mol. The zero-order valence-corrected chi connectivity index (χ0v) is 8.73. The number of methoxy groups -OCH3 is 1. The smallest absolute Gasteiger partial charge is 0.162 e. The molecule has 4 nitrogen and oxygen atoms in total. The van der Waals surface area contributed by atoms with Gasteiger partial charge < -0.3 is 19.9 Å². The van der Waals surface area contributed by atoms with Gasteiger partial charge in [0.15, 0.2) is 11.5 Å². The molecule has 0 radical (unpaired) electrons. The number of hydrogen-bond acceptors (Lipinski definition) is 4. The van der Waals surface area contributed by atoms with E-state index >= 15 is 0 Å². The van der Waals surface area contributed by atoms with Gasteiger partial charge in [-0.15, -0.1) is 0 Å². The summed E-state index contributed by atoms with van der Waals surface area (Å²) in [6, 6.07) is 5.38. The molecule has 1 aliphatic rings. The molecule has 2 N–H and O–H groups in total. The molecule has 0 aliphatic carbocycles. The van der Waals surface area contributed by atoms with Crippen molar-refractivity contribution in [2.75, 3.05) is 26.1 Å². The molecule has 1 aliphatic heterocycles. The minimum Gasteiger partial charge on any atom is -0.493 e. The van der Waals surface area contributed by atoms with Gasteiger partial charge in [-0.1, -0.05) is 0 Å². The molecule has 1 atom stereocenters. The number of rotatable bonds is 3. The number of benzene rings is 1. The summed E-state index contributed by atoms with van der Waals surface area (Å²) < 4.78 is 16.2. The second kappa shape index (κ2) is 4.40. The third kappa shape index (κ3) is 2.33. The van der Waals surface area contributed by atoms with Crippen LogP contribution >= 0.6 is 0 Å². The molecule has 0 amide bonds. The Balaban J connectivity index is 2.12. The lowest BCUT2D eigenvalue weighted by Gasteiger charge is -2.14. The fraction of sp³-hybridized carbons (Fsp3) is 0.455. The Morgan fingerprint density at radius 1 is 1.40 bits per heavy atom. The van der Waals surface area contributed by atoms with Crippen LogP contribution < -0.4 is 15.2 Å². The number of nitrogen functional groups attached to an aromatic ring is 1. The van der Waals surface area contributed by atoms with Crippen molar-refractivity contribution in [1.29, 1.82) is 0 Å². The van der Waals surface area contributed by atoms with Gasteiger partial charge in [-0.2, -0.15) is 0 Å². The molecule has 82 valence electrons. The Labute approximate surface area is 88.9 Å². The summed E-state index contributed by atoms with van der Waals surface area (Å²) >= 11 is 0. The van der Waals surface area contributed by atoms with Crippen LogP contribution in [0.5, 0.6) is 11.5 Å². The molecular weight excluding hydrogens is 194 g/mol. The van der Waals surface area contributed by atoms with Crippen molar-refractivity contribution in [3.05, 3.63) is 18.2 Å². The van der Waals surface area contributed by atoms with Crippen LogP contribution in [0.25, 0.3) is 0 Å². The van der Waals surface area contributed by atoms with Gasteiger partial charge >= 0.3 is 0 Å². The second-order valence-electron chi connectivity index (χ2n) is 3.51. The van der Waals surface area contributed by atoms with Crippen LogP contribution in [-0.4, -0.2) is 26.4 Å². The Hall–Kier alpha value is -1.42. The van der Waals surface area contributed by atoms with Crippen molar-refractivity contribution >= 4 is 5.69 Å². The highest BCUT2D eigenvalue weighted by atomic mass is 16.6. The molecule has 1 fully saturated rings. The molecule has 15 heavy (non-hydrogen) atoms. The van der Waals surface area contributed by atoms with Gasteiger partial charge in [-0.05, 0) is 12.1 Å². The first kappa shape index (κ1) is 10.1. The van der Waals surface area contributed by atoms with Crippen molar-refractivity contribution in [1.82, 2.24) is 0 Å². The monoisotopic (exact) mass is 209 g/mol. The molecule has 4 heteroatoms. The highest BCUT2D eigenvalue weighted by Crippen LogP contribution is 2.30. The lowest BCUT2D eigenvalue weighted by atomic mass is 10.2. The van der Waals surface area contributed by atoms with Crippen LogP contribution in [0.4, 0.5) is 5.69 Å². The van der Waals surface area contributed by atoms with Crippen molar-refractivity contribution < 1.29 is 14.2 Å². The van der Waals surface area contributed by atoms with E-state index in [1.807, 2.05) is 6.07 Å². The standard InChI is InChI=1S/C11H15NO3/c1-13-11-6-8(12)2-3-10(11)15-9-4-5-14-7-9/h2-3,6,9H,4-5,7,12H2,1H3. The van der Waals surface area contributed by atoms with Crippen molar-refractivity contribution in [3.8, 4) is 11.5 Å². The van der Waals surface area contributed by atoms with Crippen molar-refractivity contribution in [2.45, 2.75) is 12.5 Å². The highest BCUT2D eigenvalue weighted by Gasteiger charge is 2.18. The summed E-state index contributed by atoms with van der Waals surface area (Å²) in [6.07, 6.45) is 1.05. The van der Waals surface area contributed by atoms with Crippen LogP contribution in [0.15, 0.2) is 18.2 Å². The fourth-order valence-electron chi connectivity index (χ4n) is 1.57. The average molecular weight is 209 g/mol. The highest BCUT2D eigenvalue weighted by molar-refractivity contribution is 5.51. The number of ether oxygens (including phenoxy) is 3. The Morgan fingerprint density at radius 2 is 2.27 bits per heavy atom. The molecule has 1 heterocycles. The van der Waals surface area contributed by atoms with Gasteiger partial charge in [0.2, 0.25) is 0 Å². The van der Waals surface area contributed by atoms with E-state index < -0.39 is 0 Å². The molecule has 1 aromatic rings. The van der Waals surface area contributed by atoms with Crippen molar-refractivity contribution in [3.63, 3.8) is 0 Å². The summed E-state index contributed by atoms with van der Waals surface area (Å²) in [4.78, 5) is 0. The van der Waals surface area contributed by atoms with E-state index in [2.05, 4.69) is 0 Å². The first-order valence-corrected chi connectivity index (χ1v) is 4.97. The lowest BCUT2D eigenvalue weighted by Crippen LogP contribution is -2.16. The van der Waals surface area contributed by atoms with Gasteiger partial charge in [0.05, 0.1) is 20.3 Å². The largest absolute Gasteiger partial charge is 0.493 e. The first-order valence-electron chi connectivity index (χ1n) is 4.97. The van der Waals surface area contributed by atoms with Gasteiger partial charge in [-0.25, -0.2) is 0 Å². The van der Waals surface area contributed by atoms with Gasteiger partial charge in [0.25, 0.3) is 0 Å². The maximum Gasteiger partial charge on any atom is 0.162 e. The molecule has 1 saturated heterocycles. The predicted octanol–water partition coefficient (Wildman–Crippen LogP) is 1.45. The first-order chi connectivity index (χ1) is 7.29. The maximum atomic E-state index is 5.75. The maximum absolute atomic E-state index is 5.75. The van der Waals surface area contributed by atoms with E-state index in [1.165, 1.54) is 0 Å². The summed E-state index contributed by atoms with van der Waals surface area (Å²) in [5, 5.41) is 0. The van der Waals surface area contributed by atoms with Crippen LogP contribution in [0.1, 0.15) is 6.42 Å². The molecule has 0 saturated carbocycles. The van der Waals surface area contributed by atoms with E-state index in [9.17, 15) is 0 Å². The van der Waals surface area contributed by atoms with Crippen LogP contribution in [-0.2, 0) is 4.74 Å². The third-order valence-corrected chi connectivity index (χ3v) is 2.37. The average Bonchev–Trinajstić information content (AvgIpc) is 2.73. The molecule has 1 aromatic carbocycles. The van der Waals surface area contributed by atoms with E-state index in [0.29, 0.717) is 18.0 Å². The molecular formula is C11H15NO3. The Bertz CT molecular complexity index is 335. The van der Waals surface area contributed by atoms with Gasteiger partial charge in [-0.3, -0.25) is 0 Å². The molecule has 0 spiro atoms. The van der Waals surface area contributed by atoms with E-state index in [4.69, 9.17) is 19.9 Å². The van der Waals surface area contributed by atoms with Crippen LogP contribution in [0.3, 0.4) is 0 Å². The van der Waals surface area contributed by atoms with E-state index in [1.54, 1.807) is 19.2 Å². The summed E-state index contributed by atoms with van der Waals surface area (Å²) in [7, 11) is 1.60. The number of hydrogen-bond donors (Lipinski definition) is 1. The second-order valence-corrected chi connectivity index (χ2v) is 3.51. The normalized spacial score (nSPS) is 20.2. The van der Waals surface area contributed by atoms with E-state index in [-0.39, 0.29) is 6.10 Å². The third-order valence-electron chi connectivity index (χ3n) is 2.37. The topological polar surface area (TPSA) is 53.7 Å². The Morgan fingerprint density at radius 3 is 2.93 bits per heavy atom.